The van der Waals surface area contributed by atoms with Crippen LogP contribution in [0.3, 0.4) is 0 Å². The van der Waals surface area contributed by atoms with Gasteiger partial charge in [-0.1, -0.05) is 42.0 Å². The van der Waals surface area contributed by atoms with E-state index in [1.807, 2.05) is 31.2 Å². The fourth-order valence-corrected chi connectivity index (χ4v) is 2.31. The van der Waals surface area contributed by atoms with Gasteiger partial charge < -0.3 is 10.0 Å². The maximum atomic E-state index is 12.2. The number of hydrogen-bond acceptors (Lipinski definition) is 2. The van der Waals surface area contributed by atoms with Crippen LogP contribution in [-0.4, -0.2) is 28.9 Å². The molecule has 0 aliphatic rings. The predicted molar refractivity (Wildman–Crippen MR) is 89.4 cm³/mol. The Labute approximate surface area is 136 Å². The fraction of sp³-hybridized carbons (Fsp3) is 0.263. The molecule has 2 rings (SSSR count). The number of benzene rings is 2. The zero-order valence-corrected chi connectivity index (χ0v) is 13.5. The quantitative estimate of drug-likeness (QED) is 0.890. The highest BCUT2D eigenvalue weighted by Gasteiger charge is 2.10. The molecule has 0 unspecified atom stereocenters. The summed E-state index contributed by atoms with van der Waals surface area (Å²) in [7, 11) is 1.77. The lowest BCUT2D eigenvalue weighted by atomic mass is 10.1. The molecular weight excluding hydrogens is 290 g/mol. The molecule has 1 N–H and O–H groups in total. The van der Waals surface area contributed by atoms with E-state index in [4.69, 9.17) is 5.11 Å². The maximum absolute atomic E-state index is 12.2. The van der Waals surface area contributed by atoms with Gasteiger partial charge in [0.2, 0.25) is 5.91 Å². The Kier molecular flexibility index (Phi) is 5.52. The molecule has 4 nitrogen and oxygen atoms in total. The van der Waals surface area contributed by atoms with Crippen molar-refractivity contribution in [2.75, 3.05) is 7.05 Å². The van der Waals surface area contributed by atoms with E-state index in [9.17, 15) is 9.59 Å². The number of hydrogen-bond donors (Lipinski definition) is 1. The molecule has 2 aromatic carbocycles. The van der Waals surface area contributed by atoms with Crippen molar-refractivity contribution >= 4 is 11.9 Å². The first-order chi connectivity index (χ1) is 11.0. The first-order valence-corrected chi connectivity index (χ1v) is 7.57. The Hall–Kier alpha value is -2.62. The number of aryl methyl sites for hydroxylation is 2. The van der Waals surface area contributed by atoms with Crippen LogP contribution in [0.15, 0.2) is 48.5 Å². The van der Waals surface area contributed by atoms with Gasteiger partial charge in [0.1, 0.15) is 0 Å². The lowest BCUT2D eigenvalue weighted by Gasteiger charge is -2.17. The van der Waals surface area contributed by atoms with Crippen molar-refractivity contribution in [1.29, 1.82) is 0 Å². The van der Waals surface area contributed by atoms with Crippen molar-refractivity contribution in [3.63, 3.8) is 0 Å². The maximum Gasteiger partial charge on any atom is 0.335 e. The normalized spacial score (nSPS) is 10.3. The van der Waals surface area contributed by atoms with Gasteiger partial charge in [0, 0.05) is 20.0 Å². The highest BCUT2D eigenvalue weighted by molar-refractivity contribution is 5.87. The Morgan fingerprint density at radius 2 is 1.52 bits per heavy atom. The molecule has 0 radical (unpaired) electrons. The summed E-state index contributed by atoms with van der Waals surface area (Å²) in [5, 5.41) is 8.88. The van der Waals surface area contributed by atoms with Crippen molar-refractivity contribution in [2.45, 2.75) is 26.3 Å². The molecule has 0 aliphatic heterocycles. The Bertz CT molecular complexity index is 675. The zero-order valence-electron chi connectivity index (χ0n) is 13.5. The van der Waals surface area contributed by atoms with Crippen molar-refractivity contribution in [3.8, 4) is 0 Å². The fourth-order valence-electron chi connectivity index (χ4n) is 2.31. The van der Waals surface area contributed by atoms with Crippen molar-refractivity contribution < 1.29 is 14.7 Å². The topological polar surface area (TPSA) is 57.6 Å². The largest absolute Gasteiger partial charge is 0.478 e. The van der Waals surface area contributed by atoms with Gasteiger partial charge in [-0.05, 0) is 36.6 Å². The molecule has 0 saturated carbocycles. The summed E-state index contributed by atoms with van der Waals surface area (Å²) >= 11 is 0. The standard InChI is InChI=1S/C19H21NO3/c1-14-3-5-15(6-4-14)9-12-18(21)20(2)13-16-7-10-17(11-8-16)19(22)23/h3-8,10-11H,9,12-13H2,1-2H3,(H,22,23). The SMILES string of the molecule is Cc1ccc(CCC(=O)N(C)Cc2ccc(C(=O)O)cc2)cc1. The van der Waals surface area contributed by atoms with E-state index in [2.05, 4.69) is 0 Å². The van der Waals surface area contributed by atoms with Crippen molar-refractivity contribution in [1.82, 2.24) is 4.90 Å². The third-order valence-electron chi connectivity index (χ3n) is 3.79. The summed E-state index contributed by atoms with van der Waals surface area (Å²) in [4.78, 5) is 24.7. The highest BCUT2D eigenvalue weighted by Crippen LogP contribution is 2.10. The number of carboxylic acids is 1. The molecule has 0 bridgehead atoms. The minimum atomic E-state index is -0.945. The number of rotatable bonds is 6. The second kappa shape index (κ2) is 7.58. The molecule has 2 aromatic rings. The molecule has 4 heteroatoms. The molecule has 1 amide bonds. The van der Waals surface area contributed by atoms with E-state index in [-0.39, 0.29) is 11.5 Å². The summed E-state index contributed by atoms with van der Waals surface area (Å²) in [5.41, 5.74) is 3.54. The van der Waals surface area contributed by atoms with E-state index in [1.165, 1.54) is 5.56 Å². The van der Waals surface area contributed by atoms with E-state index in [1.54, 1.807) is 36.2 Å². The summed E-state index contributed by atoms with van der Waals surface area (Å²) in [6.07, 6.45) is 1.19. The number of carboxylic acid groups (broad SMARTS) is 1. The summed E-state index contributed by atoms with van der Waals surface area (Å²) in [5.74, 6) is -0.869. The minimum absolute atomic E-state index is 0.0767. The number of carbonyl (C=O) groups is 2. The van der Waals surface area contributed by atoms with Gasteiger partial charge in [0.05, 0.1) is 5.56 Å². The second-order valence-corrected chi connectivity index (χ2v) is 5.74. The monoisotopic (exact) mass is 311 g/mol. The van der Waals surface area contributed by atoms with E-state index in [0.717, 1.165) is 17.5 Å². The van der Waals surface area contributed by atoms with Crippen LogP contribution < -0.4 is 0 Å². The van der Waals surface area contributed by atoms with Gasteiger partial charge >= 0.3 is 5.97 Å². The molecule has 0 heterocycles. The van der Waals surface area contributed by atoms with Crippen LogP contribution in [0.4, 0.5) is 0 Å². The van der Waals surface area contributed by atoms with Crippen LogP contribution in [-0.2, 0) is 17.8 Å². The Morgan fingerprint density at radius 1 is 0.957 bits per heavy atom. The lowest BCUT2D eigenvalue weighted by molar-refractivity contribution is -0.130. The Balaban J connectivity index is 1.86. The predicted octanol–water partition coefficient (Wildman–Crippen LogP) is 3.28. The Morgan fingerprint density at radius 3 is 2.09 bits per heavy atom. The highest BCUT2D eigenvalue weighted by atomic mass is 16.4. The first kappa shape index (κ1) is 16.7. The van der Waals surface area contributed by atoms with E-state index < -0.39 is 5.97 Å². The van der Waals surface area contributed by atoms with Gasteiger partial charge in [-0.25, -0.2) is 4.79 Å². The third-order valence-corrected chi connectivity index (χ3v) is 3.79. The first-order valence-electron chi connectivity index (χ1n) is 7.57. The molecule has 0 fully saturated rings. The number of nitrogens with zero attached hydrogens (tertiary/aromatic N) is 1. The van der Waals surface area contributed by atoms with Crippen LogP contribution in [0.5, 0.6) is 0 Å². The summed E-state index contributed by atoms with van der Waals surface area (Å²) in [6, 6.07) is 14.8. The summed E-state index contributed by atoms with van der Waals surface area (Å²) < 4.78 is 0. The molecule has 120 valence electrons. The van der Waals surface area contributed by atoms with Crippen LogP contribution in [0.2, 0.25) is 0 Å². The van der Waals surface area contributed by atoms with Gasteiger partial charge in [0.15, 0.2) is 0 Å². The van der Waals surface area contributed by atoms with Crippen LogP contribution in [0, 0.1) is 6.92 Å². The van der Waals surface area contributed by atoms with Crippen molar-refractivity contribution in [2.24, 2.45) is 0 Å². The number of carbonyl (C=O) groups excluding carboxylic acids is 1. The molecule has 0 aromatic heterocycles. The zero-order chi connectivity index (χ0) is 16.8. The smallest absolute Gasteiger partial charge is 0.335 e. The van der Waals surface area contributed by atoms with Crippen molar-refractivity contribution in [3.05, 3.63) is 70.8 Å². The van der Waals surface area contributed by atoms with Gasteiger partial charge in [-0.3, -0.25) is 4.79 Å². The van der Waals surface area contributed by atoms with E-state index in [0.29, 0.717) is 13.0 Å². The molecule has 0 spiro atoms. The van der Waals surface area contributed by atoms with Crippen LogP contribution in [0.25, 0.3) is 0 Å². The van der Waals surface area contributed by atoms with Gasteiger partial charge in [-0.15, -0.1) is 0 Å². The second-order valence-electron chi connectivity index (χ2n) is 5.74. The number of aromatic carboxylic acids is 1. The molecule has 0 aliphatic carbocycles. The summed E-state index contributed by atoms with van der Waals surface area (Å²) in [6.45, 7) is 2.52. The van der Waals surface area contributed by atoms with E-state index >= 15 is 0 Å². The van der Waals surface area contributed by atoms with Gasteiger partial charge in [-0.2, -0.15) is 0 Å². The molecule has 23 heavy (non-hydrogen) atoms. The van der Waals surface area contributed by atoms with Crippen LogP contribution in [0.1, 0.15) is 33.5 Å². The average molecular weight is 311 g/mol. The molecular formula is C19H21NO3. The van der Waals surface area contributed by atoms with Crippen LogP contribution >= 0.6 is 0 Å². The molecule has 0 atom stereocenters. The van der Waals surface area contributed by atoms with Gasteiger partial charge in [0.25, 0.3) is 0 Å². The third kappa shape index (κ3) is 4.95. The number of amides is 1. The molecule has 0 saturated heterocycles. The average Bonchev–Trinajstić information content (AvgIpc) is 2.54. The minimum Gasteiger partial charge on any atom is -0.478 e. The lowest BCUT2D eigenvalue weighted by Crippen LogP contribution is -2.26.